The maximum absolute atomic E-state index is 5.44. The molecule has 0 spiro atoms. The molecule has 0 atom stereocenters. The second kappa shape index (κ2) is 9.08. The second-order valence-corrected chi connectivity index (χ2v) is 4.71. The molecule has 1 heterocycles. The lowest BCUT2D eigenvalue weighted by Crippen LogP contribution is -2.19. The van der Waals surface area contributed by atoms with Gasteiger partial charge in [0.25, 0.3) is 0 Å². The average molecular weight is 256 g/mol. The van der Waals surface area contributed by atoms with Gasteiger partial charge in [0.05, 0.1) is 5.69 Å². The molecule has 0 saturated heterocycles. The summed E-state index contributed by atoms with van der Waals surface area (Å²) < 4.78 is 15.6. The number of methoxy groups -OCH3 is 1. The molecule has 1 N–H and O–H groups in total. The van der Waals surface area contributed by atoms with Crippen molar-refractivity contribution < 1.29 is 14.0 Å². The molecule has 0 aliphatic rings. The van der Waals surface area contributed by atoms with Crippen molar-refractivity contribution in [2.45, 2.75) is 33.4 Å². The largest absolute Gasteiger partial charge is 0.385 e. The van der Waals surface area contributed by atoms with E-state index in [0.29, 0.717) is 19.1 Å². The van der Waals surface area contributed by atoms with Crippen molar-refractivity contribution in [3.8, 4) is 0 Å². The quantitative estimate of drug-likeness (QED) is 0.649. The number of nitrogens with zero attached hydrogens (tertiary/aromatic N) is 1. The van der Waals surface area contributed by atoms with Crippen LogP contribution in [0.3, 0.4) is 0 Å². The van der Waals surface area contributed by atoms with Gasteiger partial charge in [-0.3, -0.25) is 0 Å². The van der Waals surface area contributed by atoms with E-state index in [0.717, 1.165) is 37.6 Å². The minimum absolute atomic E-state index is 0.473. The third-order valence-electron chi connectivity index (χ3n) is 2.35. The molecule has 5 nitrogen and oxygen atoms in total. The van der Waals surface area contributed by atoms with Crippen LogP contribution in [0.5, 0.6) is 0 Å². The number of hydrogen-bond acceptors (Lipinski definition) is 5. The first kappa shape index (κ1) is 15.1. The minimum Gasteiger partial charge on any atom is -0.385 e. The van der Waals surface area contributed by atoms with E-state index in [2.05, 4.69) is 24.3 Å². The lowest BCUT2D eigenvalue weighted by atomic mass is 10.2. The average Bonchev–Trinajstić information content (AvgIpc) is 2.76. The van der Waals surface area contributed by atoms with Gasteiger partial charge in [-0.25, -0.2) is 0 Å². The van der Waals surface area contributed by atoms with E-state index < -0.39 is 0 Å². The van der Waals surface area contributed by atoms with Crippen LogP contribution < -0.4 is 5.32 Å². The summed E-state index contributed by atoms with van der Waals surface area (Å²) in [6.07, 6.45) is 0.896. The van der Waals surface area contributed by atoms with Crippen LogP contribution in [0.1, 0.15) is 31.7 Å². The Hall–Kier alpha value is -0.910. The molecule has 0 fully saturated rings. The Bertz CT molecular complexity index is 313. The monoisotopic (exact) mass is 256 g/mol. The van der Waals surface area contributed by atoms with Crippen LogP contribution in [0.2, 0.25) is 0 Å². The maximum Gasteiger partial charge on any atom is 0.162 e. The fourth-order valence-corrected chi connectivity index (χ4v) is 1.47. The van der Waals surface area contributed by atoms with Gasteiger partial charge in [-0.1, -0.05) is 19.0 Å². The van der Waals surface area contributed by atoms with Crippen molar-refractivity contribution in [3.05, 3.63) is 17.5 Å². The summed E-state index contributed by atoms with van der Waals surface area (Å²) >= 11 is 0. The van der Waals surface area contributed by atoms with Crippen LogP contribution in [0.4, 0.5) is 0 Å². The maximum atomic E-state index is 5.44. The highest BCUT2D eigenvalue weighted by molar-refractivity contribution is 5.04. The number of rotatable bonds is 10. The molecule has 0 amide bonds. The van der Waals surface area contributed by atoms with E-state index in [4.69, 9.17) is 14.0 Å². The van der Waals surface area contributed by atoms with Gasteiger partial charge in [0.1, 0.15) is 6.61 Å². The number of aromatic nitrogens is 1. The van der Waals surface area contributed by atoms with Crippen LogP contribution in [0.15, 0.2) is 10.6 Å². The summed E-state index contributed by atoms with van der Waals surface area (Å²) in [5.41, 5.74) is 0.922. The molecular formula is C13H24N2O3. The highest BCUT2D eigenvalue weighted by atomic mass is 16.5. The van der Waals surface area contributed by atoms with Gasteiger partial charge < -0.3 is 19.3 Å². The summed E-state index contributed by atoms with van der Waals surface area (Å²) in [6.45, 7) is 7.95. The van der Waals surface area contributed by atoms with Gasteiger partial charge in [-0.15, -0.1) is 0 Å². The fourth-order valence-electron chi connectivity index (χ4n) is 1.47. The standard InChI is InChI=1S/C13H24N2O3/c1-11(2)8-14-9-12-7-13(18-15-12)10-17-6-4-5-16-3/h7,11,14H,4-6,8-10H2,1-3H3. The van der Waals surface area contributed by atoms with Gasteiger partial charge in [0, 0.05) is 32.9 Å². The highest BCUT2D eigenvalue weighted by Gasteiger charge is 2.04. The van der Waals surface area contributed by atoms with Crippen LogP contribution in [0, 0.1) is 5.92 Å². The molecule has 104 valence electrons. The van der Waals surface area contributed by atoms with Crippen molar-refractivity contribution >= 4 is 0 Å². The Kier molecular flexibility index (Phi) is 7.64. The predicted octanol–water partition coefficient (Wildman–Crippen LogP) is 1.97. The van der Waals surface area contributed by atoms with Crippen molar-refractivity contribution in [2.24, 2.45) is 5.92 Å². The van der Waals surface area contributed by atoms with Gasteiger partial charge in [-0.05, 0) is 18.9 Å². The summed E-state index contributed by atoms with van der Waals surface area (Å²) in [5.74, 6) is 1.41. The molecule has 0 aliphatic heterocycles. The molecular weight excluding hydrogens is 232 g/mol. The molecule has 1 aromatic rings. The predicted molar refractivity (Wildman–Crippen MR) is 69.2 cm³/mol. The number of ether oxygens (including phenoxy) is 2. The molecule has 0 aliphatic carbocycles. The first-order valence-corrected chi connectivity index (χ1v) is 6.44. The molecule has 0 bridgehead atoms. The third kappa shape index (κ3) is 6.74. The van der Waals surface area contributed by atoms with Crippen molar-refractivity contribution in [2.75, 3.05) is 26.9 Å². The van der Waals surface area contributed by atoms with Gasteiger partial charge in [0.2, 0.25) is 0 Å². The Morgan fingerprint density at radius 2 is 2.22 bits per heavy atom. The van der Waals surface area contributed by atoms with Gasteiger partial charge in [0.15, 0.2) is 5.76 Å². The first-order valence-electron chi connectivity index (χ1n) is 6.44. The van der Waals surface area contributed by atoms with E-state index in [-0.39, 0.29) is 0 Å². The van der Waals surface area contributed by atoms with E-state index in [1.54, 1.807) is 7.11 Å². The Morgan fingerprint density at radius 3 is 2.94 bits per heavy atom. The zero-order valence-corrected chi connectivity index (χ0v) is 11.6. The van der Waals surface area contributed by atoms with Gasteiger partial charge in [-0.2, -0.15) is 0 Å². The zero-order chi connectivity index (χ0) is 13.2. The fraction of sp³-hybridized carbons (Fsp3) is 0.769. The van der Waals surface area contributed by atoms with E-state index in [1.165, 1.54) is 0 Å². The summed E-state index contributed by atoms with van der Waals surface area (Å²) in [4.78, 5) is 0. The molecule has 1 aromatic heterocycles. The highest BCUT2D eigenvalue weighted by Crippen LogP contribution is 2.05. The minimum atomic E-state index is 0.473. The SMILES string of the molecule is COCCCOCc1cc(CNCC(C)C)no1. The second-order valence-electron chi connectivity index (χ2n) is 4.71. The van der Waals surface area contributed by atoms with Crippen LogP contribution in [0.25, 0.3) is 0 Å². The molecule has 1 rings (SSSR count). The Morgan fingerprint density at radius 1 is 1.39 bits per heavy atom. The topological polar surface area (TPSA) is 56.5 Å². The van der Waals surface area contributed by atoms with Crippen LogP contribution >= 0.6 is 0 Å². The first-order chi connectivity index (χ1) is 8.72. The number of nitrogens with one attached hydrogen (secondary N) is 1. The lowest BCUT2D eigenvalue weighted by Gasteiger charge is -2.04. The molecule has 0 radical (unpaired) electrons. The van der Waals surface area contributed by atoms with E-state index in [1.807, 2.05) is 6.07 Å². The van der Waals surface area contributed by atoms with Crippen molar-refractivity contribution in [3.63, 3.8) is 0 Å². The van der Waals surface area contributed by atoms with Crippen molar-refractivity contribution in [1.29, 1.82) is 0 Å². The van der Waals surface area contributed by atoms with E-state index in [9.17, 15) is 0 Å². The zero-order valence-electron chi connectivity index (χ0n) is 11.6. The van der Waals surface area contributed by atoms with Gasteiger partial charge >= 0.3 is 0 Å². The summed E-state index contributed by atoms with van der Waals surface area (Å²) in [6, 6.07) is 1.93. The van der Waals surface area contributed by atoms with Crippen LogP contribution in [-0.4, -0.2) is 32.0 Å². The molecule has 18 heavy (non-hydrogen) atoms. The molecule has 0 saturated carbocycles. The molecule has 0 aromatic carbocycles. The molecule has 0 unspecified atom stereocenters. The third-order valence-corrected chi connectivity index (χ3v) is 2.35. The normalized spacial score (nSPS) is 11.3. The molecule has 5 heteroatoms. The smallest absolute Gasteiger partial charge is 0.162 e. The summed E-state index contributed by atoms with van der Waals surface area (Å²) in [7, 11) is 1.69. The summed E-state index contributed by atoms with van der Waals surface area (Å²) in [5, 5.41) is 7.30. The van der Waals surface area contributed by atoms with E-state index >= 15 is 0 Å². The Balaban J connectivity index is 2.13. The Labute approximate surface area is 109 Å². The lowest BCUT2D eigenvalue weighted by molar-refractivity contribution is 0.0794. The van der Waals surface area contributed by atoms with Crippen molar-refractivity contribution in [1.82, 2.24) is 10.5 Å². The number of hydrogen-bond donors (Lipinski definition) is 1. The van der Waals surface area contributed by atoms with Crippen LogP contribution in [-0.2, 0) is 22.6 Å².